The van der Waals surface area contributed by atoms with Crippen molar-refractivity contribution in [1.29, 1.82) is 0 Å². The molecule has 0 rings (SSSR count). The molecule has 0 aliphatic carbocycles. The zero-order chi connectivity index (χ0) is 22.1. The summed E-state index contributed by atoms with van der Waals surface area (Å²) in [6.07, 6.45) is 12.7. The average Bonchev–Trinajstić information content (AvgIpc) is 2.64. The Morgan fingerprint density at radius 3 is 1.93 bits per heavy atom. The molecule has 0 aromatic heterocycles. The van der Waals surface area contributed by atoms with Crippen molar-refractivity contribution in [3.8, 4) is 0 Å². The summed E-state index contributed by atoms with van der Waals surface area (Å²) < 4.78 is 0. The van der Waals surface area contributed by atoms with Gasteiger partial charge in [0.05, 0.1) is 0 Å². The molecule has 27 heavy (non-hydrogen) atoms. The van der Waals surface area contributed by atoms with Gasteiger partial charge in [-0.25, -0.2) is 0 Å². The van der Waals surface area contributed by atoms with E-state index < -0.39 is 5.97 Å². The molecule has 0 saturated heterocycles. The third-order valence-electron chi connectivity index (χ3n) is 2.77. The number of thioether (sulfide) groups is 1. The first-order chi connectivity index (χ1) is 12.8. The fraction of sp³-hybridized carbons (Fsp3) is 0.714. The van der Waals surface area contributed by atoms with Crippen LogP contribution in [0.15, 0.2) is 24.3 Å². The Morgan fingerprint density at radius 1 is 1.15 bits per heavy atom. The molecule has 0 saturated carbocycles. The summed E-state index contributed by atoms with van der Waals surface area (Å²) in [6, 6.07) is 0. The molecule has 1 atom stereocenters. The van der Waals surface area contributed by atoms with Crippen LogP contribution in [-0.2, 0) is 9.59 Å². The van der Waals surface area contributed by atoms with Gasteiger partial charge in [-0.1, -0.05) is 72.8 Å². The highest BCUT2D eigenvalue weighted by Crippen LogP contribution is 2.15. The molecule has 0 heterocycles. The Balaban J connectivity index is -0.000000169. The zero-order valence-corrected chi connectivity index (χ0v) is 20.3. The summed E-state index contributed by atoms with van der Waals surface area (Å²) in [5, 5.41) is 9.79. The number of amides is 1. The molecule has 0 radical (unpaired) electrons. The van der Waals surface area contributed by atoms with Crippen molar-refractivity contribution in [2.75, 3.05) is 24.3 Å². The van der Waals surface area contributed by atoms with Crippen LogP contribution in [-0.4, -0.2) is 41.8 Å². The second kappa shape index (κ2) is 29.9. The molecule has 1 unspecified atom stereocenters. The highest BCUT2D eigenvalue weighted by Gasteiger charge is 2.04. The summed E-state index contributed by atoms with van der Waals surface area (Å²) in [6.45, 7) is 14.8. The quantitative estimate of drug-likeness (QED) is 0.245. The van der Waals surface area contributed by atoms with Gasteiger partial charge in [0.15, 0.2) is 0 Å². The molecule has 2 N–H and O–H groups in total. The van der Waals surface area contributed by atoms with Gasteiger partial charge in [-0.2, -0.15) is 24.4 Å². The van der Waals surface area contributed by atoms with E-state index in [4.69, 9.17) is 5.11 Å². The molecule has 0 aliphatic rings. The van der Waals surface area contributed by atoms with Crippen molar-refractivity contribution < 1.29 is 14.7 Å². The predicted octanol–water partition coefficient (Wildman–Crippen LogP) is 5.56. The van der Waals surface area contributed by atoms with Crippen LogP contribution >= 0.6 is 24.4 Å². The highest BCUT2D eigenvalue weighted by molar-refractivity contribution is 7.98. The third-order valence-corrected chi connectivity index (χ3v) is 3.60. The minimum Gasteiger partial charge on any atom is -0.480 e. The van der Waals surface area contributed by atoms with Gasteiger partial charge in [-0.05, 0) is 41.9 Å². The van der Waals surface area contributed by atoms with Gasteiger partial charge < -0.3 is 10.4 Å². The van der Waals surface area contributed by atoms with Crippen LogP contribution in [0, 0.1) is 17.8 Å². The van der Waals surface area contributed by atoms with Crippen LogP contribution < -0.4 is 5.32 Å². The fourth-order valence-electron chi connectivity index (χ4n) is 1.32. The van der Waals surface area contributed by atoms with Gasteiger partial charge in [0.2, 0.25) is 6.41 Å². The zero-order valence-electron chi connectivity index (χ0n) is 18.6. The predicted molar refractivity (Wildman–Crippen MR) is 127 cm³/mol. The second-order valence-electron chi connectivity index (χ2n) is 5.86. The van der Waals surface area contributed by atoms with E-state index in [-0.39, 0.29) is 6.54 Å². The largest absolute Gasteiger partial charge is 0.480 e. The molecule has 0 bridgehead atoms. The highest BCUT2D eigenvalue weighted by atomic mass is 32.2. The third kappa shape index (κ3) is 40.9. The summed E-state index contributed by atoms with van der Waals surface area (Å²) >= 11 is 6.05. The van der Waals surface area contributed by atoms with Crippen molar-refractivity contribution in [1.82, 2.24) is 5.32 Å². The number of aliphatic carboxylic acids is 1. The van der Waals surface area contributed by atoms with Crippen LogP contribution in [0.25, 0.3) is 0 Å². The Hall–Kier alpha value is -0.880. The van der Waals surface area contributed by atoms with Crippen LogP contribution in [0.4, 0.5) is 0 Å². The SMILES string of the molecule is CC.CC(C)/C=C/C(/C=C/CCS)C(C)C.CCSC.O=CNCC(=O)O. The number of carbonyl (C=O) groups is 2. The Kier molecular flexibility index (Phi) is 37.3. The maximum Gasteiger partial charge on any atom is 0.322 e. The van der Waals surface area contributed by atoms with Crippen molar-refractivity contribution in [2.24, 2.45) is 17.8 Å². The molecule has 1 amide bonds. The number of rotatable bonds is 10. The van der Waals surface area contributed by atoms with E-state index in [9.17, 15) is 9.59 Å². The lowest BCUT2D eigenvalue weighted by molar-refractivity contribution is -0.136. The normalized spacial score (nSPS) is 11.1. The number of carboxylic acids is 1. The van der Waals surface area contributed by atoms with Crippen molar-refractivity contribution in [2.45, 2.75) is 54.9 Å². The second-order valence-corrected chi connectivity index (χ2v) is 7.46. The molecule has 0 spiro atoms. The minimum atomic E-state index is -1.04. The first kappa shape index (κ1) is 33.7. The first-order valence-corrected chi connectivity index (χ1v) is 11.6. The smallest absolute Gasteiger partial charge is 0.322 e. The standard InChI is InChI=1S/C13H24S.C3H5NO3.C3H8S.C2H6/c1-11(2)8-9-13(12(3)4)7-5-6-10-14;5-2-4-1-3(6)7;1-3-4-2;1-2/h5,7-9,11-14H,6,10H2,1-4H3;2H,1H2,(H,4,5)(H,6,7);3H2,1-2H3;1-2H3/b7-5+,9-8+;;;. The van der Waals surface area contributed by atoms with Crippen LogP contribution in [0.2, 0.25) is 0 Å². The number of hydrogen-bond donors (Lipinski definition) is 3. The Bertz CT molecular complexity index is 355. The van der Waals surface area contributed by atoms with E-state index in [1.165, 1.54) is 5.75 Å². The number of carboxylic acid groups (broad SMARTS) is 1. The number of thiol groups is 1. The number of carbonyl (C=O) groups excluding carboxylic acids is 1. The van der Waals surface area contributed by atoms with Crippen LogP contribution in [0.5, 0.6) is 0 Å². The lowest BCUT2D eigenvalue weighted by Crippen LogP contribution is -2.20. The topological polar surface area (TPSA) is 66.4 Å². The maximum absolute atomic E-state index is 9.54. The number of allylic oxidation sites excluding steroid dienone is 4. The van der Waals surface area contributed by atoms with E-state index >= 15 is 0 Å². The molecule has 162 valence electrons. The van der Waals surface area contributed by atoms with E-state index in [0.29, 0.717) is 24.2 Å². The molecule has 6 heteroatoms. The lowest BCUT2D eigenvalue weighted by Gasteiger charge is -2.12. The molecule has 0 aliphatic heterocycles. The monoisotopic (exact) mass is 421 g/mol. The average molecular weight is 422 g/mol. The molecular weight excluding hydrogens is 378 g/mol. The number of nitrogens with one attached hydrogen (secondary N) is 1. The van der Waals surface area contributed by atoms with Gasteiger partial charge in [0, 0.05) is 0 Å². The summed E-state index contributed by atoms with van der Waals surface area (Å²) in [7, 11) is 0. The maximum atomic E-state index is 9.54. The van der Waals surface area contributed by atoms with Crippen LogP contribution in [0.3, 0.4) is 0 Å². The van der Waals surface area contributed by atoms with Crippen LogP contribution in [0.1, 0.15) is 54.9 Å². The van der Waals surface area contributed by atoms with E-state index in [0.717, 1.165) is 12.2 Å². The summed E-state index contributed by atoms with van der Waals surface area (Å²) in [5.41, 5.74) is 0. The first-order valence-electron chi connectivity index (χ1n) is 9.60. The minimum absolute atomic E-state index is 0.302. The van der Waals surface area contributed by atoms with Crippen molar-refractivity contribution >= 4 is 36.8 Å². The van der Waals surface area contributed by atoms with E-state index in [2.05, 4.69) is 77.8 Å². The van der Waals surface area contributed by atoms with Crippen molar-refractivity contribution in [3.63, 3.8) is 0 Å². The van der Waals surface area contributed by atoms with Gasteiger partial charge in [-0.3, -0.25) is 9.59 Å². The van der Waals surface area contributed by atoms with Gasteiger partial charge in [0.25, 0.3) is 0 Å². The Morgan fingerprint density at radius 2 is 1.67 bits per heavy atom. The fourth-order valence-corrected chi connectivity index (χ4v) is 1.47. The van der Waals surface area contributed by atoms with E-state index in [1.807, 2.05) is 30.9 Å². The lowest BCUT2D eigenvalue weighted by atomic mass is 9.93. The summed E-state index contributed by atoms with van der Waals surface area (Å²) in [4.78, 5) is 18.9. The van der Waals surface area contributed by atoms with Crippen molar-refractivity contribution in [3.05, 3.63) is 24.3 Å². The molecule has 0 aromatic rings. The Labute approximate surface area is 178 Å². The molecular formula is C21H43NO3S2. The van der Waals surface area contributed by atoms with E-state index in [1.54, 1.807) is 0 Å². The number of hydrogen-bond acceptors (Lipinski definition) is 4. The van der Waals surface area contributed by atoms with Gasteiger partial charge >= 0.3 is 5.97 Å². The van der Waals surface area contributed by atoms with Gasteiger partial charge in [-0.15, -0.1) is 0 Å². The molecule has 4 nitrogen and oxygen atoms in total. The molecule has 0 fully saturated rings. The van der Waals surface area contributed by atoms with Gasteiger partial charge in [0.1, 0.15) is 6.54 Å². The summed E-state index contributed by atoms with van der Waals surface area (Å²) in [5.74, 6) is 3.05. The molecule has 0 aromatic carbocycles.